The number of amides is 1. The maximum Gasteiger partial charge on any atom is 0.255 e. The molecule has 1 aromatic heterocycles. The summed E-state index contributed by atoms with van der Waals surface area (Å²) in [6.07, 6.45) is 1.24. The lowest BCUT2D eigenvalue weighted by Crippen LogP contribution is -2.15. The Morgan fingerprint density at radius 2 is 1.65 bits per heavy atom. The Hall–Kier alpha value is -2.63. The molecule has 0 aliphatic heterocycles. The van der Waals surface area contributed by atoms with Crippen LogP contribution in [0.15, 0.2) is 36.7 Å². The van der Waals surface area contributed by atoms with Crippen molar-refractivity contribution in [2.24, 2.45) is 0 Å². The van der Waals surface area contributed by atoms with Gasteiger partial charge in [0.15, 0.2) is 11.6 Å². The van der Waals surface area contributed by atoms with E-state index in [9.17, 15) is 4.79 Å². The minimum absolute atomic E-state index is 0.141. The zero-order chi connectivity index (χ0) is 12.3. The topological polar surface area (TPSA) is 107 Å². The first-order valence-electron chi connectivity index (χ1n) is 4.91. The van der Waals surface area contributed by atoms with Crippen LogP contribution < -0.4 is 16.8 Å². The van der Waals surface area contributed by atoms with Gasteiger partial charge in [0, 0.05) is 5.56 Å². The molecule has 17 heavy (non-hydrogen) atoms. The van der Waals surface area contributed by atoms with Gasteiger partial charge in [-0.25, -0.2) is 9.97 Å². The molecular formula is C11H11N5O. The van der Waals surface area contributed by atoms with Crippen LogP contribution in [0.1, 0.15) is 10.4 Å². The molecule has 6 heteroatoms. The normalized spacial score (nSPS) is 9.88. The molecule has 0 atom stereocenters. The first kappa shape index (κ1) is 10.9. The molecule has 2 rings (SSSR count). The van der Waals surface area contributed by atoms with Gasteiger partial charge in [-0.05, 0) is 12.1 Å². The zero-order valence-corrected chi connectivity index (χ0v) is 8.92. The summed E-state index contributed by atoms with van der Waals surface area (Å²) in [5.41, 5.74) is 12.0. The molecule has 1 heterocycles. The molecule has 1 amide bonds. The van der Waals surface area contributed by atoms with Crippen LogP contribution in [0, 0.1) is 0 Å². The number of nitrogens with two attached hydrogens (primary N) is 2. The van der Waals surface area contributed by atoms with Gasteiger partial charge in [-0.1, -0.05) is 18.2 Å². The van der Waals surface area contributed by atoms with E-state index in [-0.39, 0.29) is 23.2 Å². The number of anilines is 3. The summed E-state index contributed by atoms with van der Waals surface area (Å²) in [5, 5.41) is 2.58. The molecule has 0 radical (unpaired) electrons. The third kappa shape index (κ3) is 2.31. The number of carbonyl (C=O) groups excluding carboxylic acids is 1. The fourth-order valence-corrected chi connectivity index (χ4v) is 1.32. The summed E-state index contributed by atoms with van der Waals surface area (Å²) in [6.45, 7) is 0. The third-order valence-electron chi connectivity index (χ3n) is 2.18. The van der Waals surface area contributed by atoms with Crippen molar-refractivity contribution in [3.63, 3.8) is 0 Å². The second kappa shape index (κ2) is 4.48. The number of nitrogens with zero attached hydrogens (tertiary/aromatic N) is 2. The number of nitrogen functional groups attached to an aromatic ring is 2. The van der Waals surface area contributed by atoms with Gasteiger partial charge < -0.3 is 16.8 Å². The Kier molecular flexibility index (Phi) is 2.87. The van der Waals surface area contributed by atoms with Crippen molar-refractivity contribution < 1.29 is 4.79 Å². The monoisotopic (exact) mass is 229 g/mol. The summed E-state index contributed by atoms with van der Waals surface area (Å²) in [7, 11) is 0. The summed E-state index contributed by atoms with van der Waals surface area (Å²) in [4.78, 5) is 19.4. The van der Waals surface area contributed by atoms with E-state index < -0.39 is 0 Å². The van der Waals surface area contributed by atoms with Crippen molar-refractivity contribution in [3.05, 3.63) is 42.2 Å². The summed E-state index contributed by atoms with van der Waals surface area (Å²) >= 11 is 0. The SMILES string of the molecule is Nc1ncnc(N)c1NC(=O)c1ccccc1. The number of aromatic nitrogens is 2. The molecule has 0 aliphatic carbocycles. The Balaban J connectivity index is 2.25. The highest BCUT2D eigenvalue weighted by molar-refractivity contribution is 6.06. The van der Waals surface area contributed by atoms with E-state index in [2.05, 4.69) is 15.3 Å². The first-order valence-corrected chi connectivity index (χ1v) is 4.91. The molecule has 86 valence electrons. The van der Waals surface area contributed by atoms with Gasteiger partial charge in [0.05, 0.1) is 0 Å². The van der Waals surface area contributed by atoms with Crippen LogP contribution in [0.5, 0.6) is 0 Å². The van der Waals surface area contributed by atoms with E-state index in [1.165, 1.54) is 6.33 Å². The van der Waals surface area contributed by atoms with Crippen LogP contribution in [0.3, 0.4) is 0 Å². The van der Waals surface area contributed by atoms with Crippen LogP contribution >= 0.6 is 0 Å². The van der Waals surface area contributed by atoms with Gasteiger partial charge >= 0.3 is 0 Å². The standard InChI is InChI=1S/C11H11N5O/c12-9-8(10(13)15-6-14-9)16-11(17)7-4-2-1-3-5-7/h1-6H,(H,16,17)(H4,12,13,14,15). The fourth-order valence-electron chi connectivity index (χ4n) is 1.32. The maximum absolute atomic E-state index is 11.8. The van der Waals surface area contributed by atoms with E-state index in [0.717, 1.165) is 0 Å². The van der Waals surface area contributed by atoms with Crippen LogP contribution in [-0.2, 0) is 0 Å². The predicted molar refractivity (Wildman–Crippen MR) is 65.3 cm³/mol. The molecule has 0 saturated carbocycles. The van der Waals surface area contributed by atoms with Crippen molar-refractivity contribution in [2.45, 2.75) is 0 Å². The average molecular weight is 229 g/mol. The van der Waals surface area contributed by atoms with Gasteiger partial charge in [-0.2, -0.15) is 0 Å². The summed E-state index contributed by atoms with van der Waals surface area (Å²) in [6, 6.07) is 8.73. The minimum Gasteiger partial charge on any atom is -0.382 e. The van der Waals surface area contributed by atoms with Crippen molar-refractivity contribution in [1.82, 2.24) is 9.97 Å². The van der Waals surface area contributed by atoms with Gasteiger partial charge in [0.25, 0.3) is 5.91 Å². The molecule has 0 saturated heterocycles. The highest BCUT2D eigenvalue weighted by Gasteiger charge is 2.11. The van der Waals surface area contributed by atoms with Gasteiger partial charge in [0.1, 0.15) is 12.0 Å². The predicted octanol–water partition coefficient (Wildman–Crippen LogP) is 0.893. The Labute approximate surface area is 97.7 Å². The molecular weight excluding hydrogens is 218 g/mol. The Bertz CT molecular complexity index is 521. The largest absolute Gasteiger partial charge is 0.382 e. The number of hydrogen-bond acceptors (Lipinski definition) is 5. The van der Waals surface area contributed by atoms with Crippen molar-refractivity contribution in [3.8, 4) is 0 Å². The number of rotatable bonds is 2. The molecule has 0 fully saturated rings. The molecule has 0 spiro atoms. The van der Waals surface area contributed by atoms with E-state index in [1.54, 1.807) is 24.3 Å². The second-order valence-electron chi connectivity index (χ2n) is 3.34. The molecule has 0 aliphatic rings. The zero-order valence-electron chi connectivity index (χ0n) is 8.92. The highest BCUT2D eigenvalue weighted by Crippen LogP contribution is 2.21. The quantitative estimate of drug-likeness (QED) is 0.709. The van der Waals surface area contributed by atoms with Crippen LogP contribution in [-0.4, -0.2) is 15.9 Å². The van der Waals surface area contributed by atoms with Crippen LogP contribution in [0.4, 0.5) is 17.3 Å². The lowest BCUT2D eigenvalue weighted by molar-refractivity contribution is 0.102. The number of benzene rings is 1. The van der Waals surface area contributed by atoms with Crippen LogP contribution in [0.25, 0.3) is 0 Å². The molecule has 1 aromatic carbocycles. The highest BCUT2D eigenvalue weighted by atomic mass is 16.1. The molecule has 2 aromatic rings. The average Bonchev–Trinajstić information content (AvgIpc) is 2.35. The van der Waals surface area contributed by atoms with Crippen molar-refractivity contribution >= 4 is 23.2 Å². The van der Waals surface area contributed by atoms with E-state index in [4.69, 9.17) is 11.5 Å². The number of carbonyl (C=O) groups is 1. The lowest BCUT2D eigenvalue weighted by atomic mass is 10.2. The molecule has 6 nitrogen and oxygen atoms in total. The summed E-state index contributed by atoms with van der Waals surface area (Å²) < 4.78 is 0. The van der Waals surface area contributed by atoms with E-state index in [1.807, 2.05) is 6.07 Å². The van der Waals surface area contributed by atoms with Gasteiger partial charge in [0.2, 0.25) is 0 Å². The first-order chi connectivity index (χ1) is 8.18. The van der Waals surface area contributed by atoms with Crippen molar-refractivity contribution in [2.75, 3.05) is 16.8 Å². The van der Waals surface area contributed by atoms with Gasteiger partial charge in [-0.3, -0.25) is 4.79 Å². The summed E-state index contributed by atoms with van der Waals surface area (Å²) in [5.74, 6) is -0.0256. The van der Waals surface area contributed by atoms with E-state index in [0.29, 0.717) is 5.56 Å². The third-order valence-corrected chi connectivity index (χ3v) is 2.18. The van der Waals surface area contributed by atoms with Crippen LogP contribution in [0.2, 0.25) is 0 Å². The van der Waals surface area contributed by atoms with Gasteiger partial charge in [-0.15, -0.1) is 0 Å². The Morgan fingerprint density at radius 3 is 2.24 bits per heavy atom. The Morgan fingerprint density at radius 1 is 1.06 bits per heavy atom. The fraction of sp³-hybridized carbons (Fsp3) is 0. The minimum atomic E-state index is -0.307. The number of nitrogens with one attached hydrogen (secondary N) is 1. The molecule has 5 N–H and O–H groups in total. The van der Waals surface area contributed by atoms with Crippen molar-refractivity contribution in [1.29, 1.82) is 0 Å². The smallest absolute Gasteiger partial charge is 0.255 e. The van der Waals surface area contributed by atoms with E-state index >= 15 is 0 Å². The maximum atomic E-state index is 11.8. The number of hydrogen-bond donors (Lipinski definition) is 3. The molecule has 0 unspecified atom stereocenters. The molecule has 0 bridgehead atoms. The lowest BCUT2D eigenvalue weighted by Gasteiger charge is -2.08. The second-order valence-corrected chi connectivity index (χ2v) is 3.34.